The van der Waals surface area contributed by atoms with Crippen molar-refractivity contribution in [3.8, 4) is 0 Å². The molecule has 0 fully saturated rings. The minimum absolute atomic E-state index is 0.119. The third-order valence-corrected chi connectivity index (χ3v) is 2.81. The minimum Gasteiger partial charge on any atom is -0.299 e. The van der Waals surface area contributed by atoms with Crippen LogP contribution >= 0.6 is 11.6 Å². The van der Waals surface area contributed by atoms with Crippen LogP contribution in [-0.4, -0.2) is 21.7 Å². The van der Waals surface area contributed by atoms with Crippen LogP contribution in [0.2, 0.25) is 5.02 Å². The smallest absolute Gasteiger partial charge is 0.299 e. The highest BCUT2D eigenvalue weighted by Gasteiger charge is 2.28. The number of carbonyl (C=O) groups excluding carboxylic acids is 1. The molecule has 0 aliphatic carbocycles. The predicted octanol–water partition coefficient (Wildman–Crippen LogP) is 2.84. The van der Waals surface area contributed by atoms with Crippen LogP contribution in [0.3, 0.4) is 0 Å². The zero-order chi connectivity index (χ0) is 13.2. The van der Waals surface area contributed by atoms with E-state index < -0.39 is 24.8 Å². The summed E-state index contributed by atoms with van der Waals surface area (Å²) in [6.07, 6.45) is -6.04. The van der Waals surface area contributed by atoms with Crippen molar-refractivity contribution in [3.05, 3.63) is 16.4 Å². The number of aryl methyl sites for hydroxylation is 2. The van der Waals surface area contributed by atoms with Gasteiger partial charge in [-0.25, -0.2) is 0 Å². The fourth-order valence-electron chi connectivity index (χ4n) is 1.43. The Morgan fingerprint density at radius 3 is 2.47 bits per heavy atom. The normalized spacial score (nSPS) is 11.9. The number of ketones is 1. The van der Waals surface area contributed by atoms with Gasteiger partial charge in [0.25, 0.3) is 0 Å². The fourth-order valence-corrected chi connectivity index (χ4v) is 1.66. The molecular weight excluding hydrogens is 257 g/mol. The Hall–Kier alpha value is -1.04. The second-order valence-electron chi connectivity index (χ2n) is 3.80. The van der Waals surface area contributed by atoms with Gasteiger partial charge in [0.1, 0.15) is 5.78 Å². The Labute approximate surface area is 102 Å². The van der Waals surface area contributed by atoms with Gasteiger partial charge in [-0.15, -0.1) is 0 Å². The van der Waals surface area contributed by atoms with E-state index in [1.807, 2.05) is 0 Å². The standard InChI is InChI=1S/C10H12ClF3N2O/c1-6-9(11)8(16(2)15-6)5-7(17)3-4-10(12,13)14/h3-5H2,1-2H3. The van der Waals surface area contributed by atoms with Crippen molar-refractivity contribution < 1.29 is 18.0 Å². The zero-order valence-corrected chi connectivity index (χ0v) is 10.2. The van der Waals surface area contributed by atoms with Gasteiger partial charge >= 0.3 is 6.18 Å². The molecule has 1 aromatic heterocycles. The summed E-state index contributed by atoms with van der Waals surface area (Å²) in [7, 11) is 1.60. The Morgan fingerprint density at radius 1 is 1.47 bits per heavy atom. The maximum atomic E-state index is 11.9. The number of nitrogens with zero attached hydrogens (tertiary/aromatic N) is 2. The van der Waals surface area contributed by atoms with Gasteiger partial charge in [0.15, 0.2) is 0 Å². The van der Waals surface area contributed by atoms with E-state index in [2.05, 4.69) is 5.10 Å². The lowest BCUT2D eigenvalue weighted by Crippen LogP contribution is -2.13. The number of halogens is 4. The molecular formula is C10H12ClF3N2O. The first-order chi connectivity index (χ1) is 7.70. The summed E-state index contributed by atoms with van der Waals surface area (Å²) in [6, 6.07) is 0. The largest absolute Gasteiger partial charge is 0.389 e. The van der Waals surface area contributed by atoms with E-state index >= 15 is 0 Å². The topological polar surface area (TPSA) is 34.9 Å². The van der Waals surface area contributed by atoms with Crippen LogP contribution < -0.4 is 0 Å². The van der Waals surface area contributed by atoms with Crippen molar-refractivity contribution in [1.82, 2.24) is 9.78 Å². The number of carbonyl (C=O) groups is 1. The van der Waals surface area contributed by atoms with Gasteiger partial charge in [0.05, 0.1) is 22.8 Å². The van der Waals surface area contributed by atoms with Crippen LogP contribution in [0.1, 0.15) is 24.2 Å². The van der Waals surface area contributed by atoms with Crippen molar-refractivity contribution in [2.45, 2.75) is 32.4 Å². The highest BCUT2D eigenvalue weighted by Crippen LogP contribution is 2.24. The number of hydrogen-bond acceptors (Lipinski definition) is 2. The van der Waals surface area contributed by atoms with Gasteiger partial charge in [0.2, 0.25) is 0 Å². The summed E-state index contributed by atoms with van der Waals surface area (Å²) in [5.41, 5.74) is 1.02. The predicted molar refractivity (Wildman–Crippen MR) is 57.0 cm³/mol. The van der Waals surface area contributed by atoms with Gasteiger partial charge in [-0.3, -0.25) is 9.48 Å². The molecule has 0 amide bonds. The van der Waals surface area contributed by atoms with E-state index in [9.17, 15) is 18.0 Å². The molecule has 3 nitrogen and oxygen atoms in total. The molecule has 0 N–H and O–H groups in total. The summed E-state index contributed by atoms with van der Waals surface area (Å²) in [6.45, 7) is 1.67. The molecule has 0 aliphatic rings. The molecule has 0 bridgehead atoms. The van der Waals surface area contributed by atoms with Crippen molar-refractivity contribution in [3.63, 3.8) is 0 Å². The highest BCUT2D eigenvalue weighted by atomic mass is 35.5. The van der Waals surface area contributed by atoms with Crippen molar-refractivity contribution in [2.24, 2.45) is 7.05 Å². The first kappa shape index (κ1) is 14.0. The van der Waals surface area contributed by atoms with Gasteiger partial charge < -0.3 is 0 Å². The Kier molecular flexibility index (Phi) is 4.19. The number of Topliss-reactive ketones (excluding diaryl/α,β-unsaturated/α-hetero) is 1. The van der Waals surface area contributed by atoms with Gasteiger partial charge in [-0.1, -0.05) is 11.6 Å². The van der Waals surface area contributed by atoms with E-state index in [0.717, 1.165) is 0 Å². The molecule has 96 valence electrons. The molecule has 17 heavy (non-hydrogen) atoms. The summed E-state index contributed by atoms with van der Waals surface area (Å²) < 4.78 is 37.2. The fraction of sp³-hybridized carbons (Fsp3) is 0.600. The first-order valence-corrected chi connectivity index (χ1v) is 5.35. The molecule has 0 aromatic carbocycles. The summed E-state index contributed by atoms with van der Waals surface area (Å²) in [5.74, 6) is -0.493. The second-order valence-corrected chi connectivity index (χ2v) is 4.18. The van der Waals surface area contributed by atoms with Crippen LogP contribution in [0.4, 0.5) is 13.2 Å². The molecule has 0 aliphatic heterocycles. The van der Waals surface area contributed by atoms with E-state index in [-0.39, 0.29) is 6.42 Å². The molecule has 1 aromatic rings. The van der Waals surface area contributed by atoms with Crippen LogP contribution in [-0.2, 0) is 18.3 Å². The molecule has 0 spiro atoms. The quantitative estimate of drug-likeness (QED) is 0.842. The molecule has 1 rings (SSSR count). The maximum absolute atomic E-state index is 11.9. The number of rotatable bonds is 4. The molecule has 7 heteroatoms. The average molecular weight is 269 g/mol. The van der Waals surface area contributed by atoms with E-state index in [4.69, 9.17) is 11.6 Å². The Bertz CT molecular complexity index is 426. The van der Waals surface area contributed by atoms with Gasteiger partial charge in [-0.05, 0) is 6.92 Å². The number of hydrogen-bond donors (Lipinski definition) is 0. The van der Waals surface area contributed by atoms with Crippen LogP contribution in [0.5, 0.6) is 0 Å². The lowest BCUT2D eigenvalue weighted by molar-refractivity contribution is -0.143. The molecule has 0 atom stereocenters. The maximum Gasteiger partial charge on any atom is 0.389 e. The zero-order valence-electron chi connectivity index (χ0n) is 9.44. The number of aromatic nitrogens is 2. The summed E-state index contributed by atoms with van der Waals surface area (Å²) in [4.78, 5) is 11.4. The molecule has 0 radical (unpaired) electrons. The lowest BCUT2D eigenvalue weighted by Gasteiger charge is -2.05. The van der Waals surface area contributed by atoms with Crippen molar-refractivity contribution >= 4 is 17.4 Å². The third kappa shape index (κ3) is 4.03. The highest BCUT2D eigenvalue weighted by molar-refractivity contribution is 6.32. The minimum atomic E-state index is -4.30. The lowest BCUT2D eigenvalue weighted by atomic mass is 10.1. The Balaban J connectivity index is 2.63. The molecule has 0 saturated heterocycles. The number of alkyl halides is 3. The second kappa shape index (κ2) is 5.08. The molecule has 1 heterocycles. The van der Waals surface area contributed by atoms with Gasteiger partial charge in [-0.2, -0.15) is 18.3 Å². The van der Waals surface area contributed by atoms with Crippen LogP contribution in [0.15, 0.2) is 0 Å². The SMILES string of the molecule is Cc1nn(C)c(CC(=O)CCC(F)(F)F)c1Cl. The van der Waals surface area contributed by atoms with Crippen molar-refractivity contribution in [2.75, 3.05) is 0 Å². The summed E-state index contributed by atoms with van der Waals surface area (Å²) >= 11 is 5.89. The van der Waals surface area contributed by atoms with Crippen LogP contribution in [0.25, 0.3) is 0 Å². The third-order valence-electron chi connectivity index (χ3n) is 2.31. The summed E-state index contributed by atoms with van der Waals surface area (Å²) in [5, 5.41) is 4.32. The van der Waals surface area contributed by atoms with E-state index in [0.29, 0.717) is 16.4 Å². The van der Waals surface area contributed by atoms with E-state index in [1.54, 1.807) is 14.0 Å². The monoisotopic (exact) mass is 268 g/mol. The van der Waals surface area contributed by atoms with Crippen molar-refractivity contribution in [1.29, 1.82) is 0 Å². The van der Waals surface area contributed by atoms with Crippen LogP contribution in [0, 0.1) is 6.92 Å². The van der Waals surface area contributed by atoms with E-state index in [1.165, 1.54) is 4.68 Å². The molecule has 0 saturated carbocycles. The Morgan fingerprint density at radius 2 is 2.06 bits per heavy atom. The first-order valence-electron chi connectivity index (χ1n) is 4.97. The van der Waals surface area contributed by atoms with Gasteiger partial charge in [0, 0.05) is 19.9 Å². The molecule has 0 unspecified atom stereocenters. The average Bonchev–Trinajstić information content (AvgIpc) is 2.41.